The number of hydrogen-bond acceptors (Lipinski definition) is 4. The summed E-state index contributed by atoms with van der Waals surface area (Å²) in [6.07, 6.45) is 4.63. The Hall–Kier alpha value is -1.92. The van der Waals surface area contributed by atoms with E-state index in [1.165, 1.54) is 0 Å². The average Bonchev–Trinajstić information content (AvgIpc) is 2.68. The van der Waals surface area contributed by atoms with Crippen molar-refractivity contribution in [3.05, 3.63) is 35.4 Å². The van der Waals surface area contributed by atoms with Crippen LogP contribution in [0.4, 0.5) is 0 Å². The Morgan fingerprint density at radius 3 is 2.46 bits per heavy atom. The molecule has 1 aromatic carbocycles. The topological polar surface area (TPSA) is 84.9 Å². The summed E-state index contributed by atoms with van der Waals surface area (Å²) >= 11 is 0. The molecular formula is C20H27NO5. The summed E-state index contributed by atoms with van der Waals surface area (Å²) in [4.78, 5) is 23.7. The molecule has 1 saturated heterocycles. The standard InChI is InChI=1S/C20H27NO5/c22-19(21-16-7-5-14(6-8-16)20(23)24)18-4-2-1-3-15(18)13-26-17-9-11-25-12-10-17/h1-4,14,16-17H,5-13H2,(H,21,22)(H,23,24). The van der Waals surface area contributed by atoms with Gasteiger partial charge in [0.25, 0.3) is 5.91 Å². The van der Waals surface area contributed by atoms with Crippen LogP contribution in [-0.2, 0) is 20.9 Å². The van der Waals surface area contributed by atoms with Gasteiger partial charge in [0.2, 0.25) is 0 Å². The van der Waals surface area contributed by atoms with Crippen molar-refractivity contribution in [1.82, 2.24) is 5.32 Å². The minimum atomic E-state index is -0.731. The average molecular weight is 361 g/mol. The van der Waals surface area contributed by atoms with E-state index in [2.05, 4.69) is 5.32 Å². The van der Waals surface area contributed by atoms with Crippen molar-refractivity contribution >= 4 is 11.9 Å². The van der Waals surface area contributed by atoms with Crippen molar-refractivity contribution < 1.29 is 24.2 Å². The molecule has 6 heteroatoms. The molecule has 1 aliphatic carbocycles. The molecule has 1 heterocycles. The van der Waals surface area contributed by atoms with Crippen molar-refractivity contribution in [3.63, 3.8) is 0 Å². The predicted molar refractivity (Wildman–Crippen MR) is 95.9 cm³/mol. The number of amides is 1. The van der Waals surface area contributed by atoms with E-state index in [9.17, 15) is 9.59 Å². The number of nitrogens with one attached hydrogen (secondary N) is 1. The van der Waals surface area contributed by atoms with Crippen LogP contribution >= 0.6 is 0 Å². The van der Waals surface area contributed by atoms with Gasteiger partial charge in [0.15, 0.2) is 0 Å². The van der Waals surface area contributed by atoms with Crippen LogP contribution in [0, 0.1) is 5.92 Å². The third-order valence-corrected chi connectivity index (χ3v) is 5.32. The van der Waals surface area contributed by atoms with E-state index < -0.39 is 5.97 Å². The van der Waals surface area contributed by atoms with E-state index in [0.29, 0.717) is 37.9 Å². The van der Waals surface area contributed by atoms with Gasteiger partial charge in [-0.25, -0.2) is 0 Å². The normalized spacial score (nSPS) is 24.2. The molecule has 0 bridgehead atoms. The first-order valence-electron chi connectivity index (χ1n) is 9.44. The Morgan fingerprint density at radius 2 is 1.77 bits per heavy atom. The van der Waals surface area contributed by atoms with Gasteiger partial charge in [-0.15, -0.1) is 0 Å². The van der Waals surface area contributed by atoms with Crippen molar-refractivity contribution in [2.75, 3.05) is 13.2 Å². The van der Waals surface area contributed by atoms with Crippen LogP contribution in [0.1, 0.15) is 54.4 Å². The molecule has 0 spiro atoms. The number of aliphatic carboxylic acids is 1. The lowest BCUT2D eigenvalue weighted by atomic mass is 9.86. The van der Waals surface area contributed by atoms with Crippen LogP contribution in [0.15, 0.2) is 24.3 Å². The number of hydrogen-bond donors (Lipinski definition) is 2. The van der Waals surface area contributed by atoms with E-state index >= 15 is 0 Å². The minimum Gasteiger partial charge on any atom is -0.481 e. The first-order chi connectivity index (χ1) is 12.6. The summed E-state index contributed by atoms with van der Waals surface area (Å²) < 4.78 is 11.3. The summed E-state index contributed by atoms with van der Waals surface area (Å²) in [5.74, 6) is -1.11. The Kier molecular flexibility index (Phi) is 6.63. The molecule has 1 amide bonds. The van der Waals surface area contributed by atoms with Gasteiger partial charge >= 0.3 is 5.97 Å². The Bertz CT molecular complexity index is 618. The largest absolute Gasteiger partial charge is 0.481 e. The number of benzene rings is 1. The lowest BCUT2D eigenvalue weighted by molar-refractivity contribution is -0.142. The van der Waals surface area contributed by atoms with Crippen LogP contribution in [0.3, 0.4) is 0 Å². The second kappa shape index (κ2) is 9.14. The van der Waals surface area contributed by atoms with Gasteiger partial charge in [0.1, 0.15) is 0 Å². The number of carboxylic acid groups (broad SMARTS) is 1. The smallest absolute Gasteiger partial charge is 0.306 e. The minimum absolute atomic E-state index is 0.0440. The maximum atomic E-state index is 12.7. The first kappa shape index (κ1) is 18.9. The first-order valence-corrected chi connectivity index (χ1v) is 9.44. The SMILES string of the molecule is O=C(NC1CCC(C(=O)O)CC1)c1ccccc1COC1CCOCC1. The molecule has 2 N–H and O–H groups in total. The van der Waals surface area contributed by atoms with E-state index in [4.69, 9.17) is 14.6 Å². The van der Waals surface area contributed by atoms with Gasteiger partial charge in [-0.1, -0.05) is 18.2 Å². The fourth-order valence-corrected chi connectivity index (χ4v) is 3.67. The van der Waals surface area contributed by atoms with E-state index in [1.807, 2.05) is 24.3 Å². The van der Waals surface area contributed by atoms with E-state index in [-0.39, 0.29) is 24.0 Å². The summed E-state index contributed by atoms with van der Waals surface area (Å²) in [5, 5.41) is 12.1. The molecule has 1 aromatic rings. The Labute approximate surface area is 153 Å². The van der Waals surface area contributed by atoms with Crippen molar-refractivity contribution in [3.8, 4) is 0 Å². The number of rotatable bonds is 6. The van der Waals surface area contributed by atoms with Gasteiger partial charge in [0.05, 0.1) is 18.6 Å². The van der Waals surface area contributed by atoms with Crippen molar-refractivity contribution in [2.45, 2.75) is 57.3 Å². The van der Waals surface area contributed by atoms with Crippen LogP contribution in [0.25, 0.3) is 0 Å². The molecule has 1 aliphatic heterocycles. The third kappa shape index (κ3) is 5.05. The highest BCUT2D eigenvalue weighted by molar-refractivity contribution is 5.95. The molecule has 0 aromatic heterocycles. The molecule has 26 heavy (non-hydrogen) atoms. The molecule has 6 nitrogen and oxygen atoms in total. The van der Waals surface area contributed by atoms with Crippen LogP contribution < -0.4 is 5.32 Å². The molecule has 0 unspecified atom stereocenters. The fraction of sp³-hybridized carbons (Fsp3) is 0.600. The molecule has 1 saturated carbocycles. The number of carbonyl (C=O) groups excluding carboxylic acids is 1. The van der Waals surface area contributed by atoms with Gasteiger partial charge in [-0.05, 0) is 50.2 Å². The second-order valence-electron chi connectivity index (χ2n) is 7.14. The van der Waals surface area contributed by atoms with Crippen LogP contribution in [0.2, 0.25) is 0 Å². The highest BCUT2D eigenvalue weighted by Gasteiger charge is 2.27. The fourth-order valence-electron chi connectivity index (χ4n) is 3.67. The highest BCUT2D eigenvalue weighted by Crippen LogP contribution is 2.25. The zero-order chi connectivity index (χ0) is 18.4. The van der Waals surface area contributed by atoms with Gasteiger partial charge in [-0.3, -0.25) is 9.59 Å². The molecule has 0 atom stereocenters. The van der Waals surface area contributed by atoms with Gasteiger partial charge in [-0.2, -0.15) is 0 Å². The van der Waals surface area contributed by atoms with Crippen molar-refractivity contribution in [2.24, 2.45) is 5.92 Å². The molecular weight excluding hydrogens is 334 g/mol. The molecule has 3 rings (SSSR count). The quantitative estimate of drug-likeness (QED) is 0.814. The monoisotopic (exact) mass is 361 g/mol. The van der Waals surface area contributed by atoms with Gasteiger partial charge < -0.3 is 19.9 Å². The van der Waals surface area contributed by atoms with Crippen molar-refractivity contribution in [1.29, 1.82) is 0 Å². The van der Waals surface area contributed by atoms with Gasteiger partial charge in [0, 0.05) is 24.8 Å². The molecule has 2 fully saturated rings. The third-order valence-electron chi connectivity index (χ3n) is 5.32. The summed E-state index contributed by atoms with van der Waals surface area (Å²) in [7, 11) is 0. The lowest BCUT2D eigenvalue weighted by Gasteiger charge is -2.27. The number of ether oxygens (including phenoxy) is 2. The van der Waals surface area contributed by atoms with Crippen LogP contribution in [0.5, 0.6) is 0 Å². The maximum Gasteiger partial charge on any atom is 0.306 e. The zero-order valence-corrected chi connectivity index (χ0v) is 15.0. The lowest BCUT2D eigenvalue weighted by Crippen LogP contribution is -2.39. The summed E-state index contributed by atoms with van der Waals surface area (Å²) in [6, 6.07) is 7.56. The predicted octanol–water partition coefficient (Wildman–Crippen LogP) is 2.76. The number of carbonyl (C=O) groups is 2. The second-order valence-corrected chi connectivity index (χ2v) is 7.14. The Balaban J connectivity index is 1.54. The number of carboxylic acids is 1. The molecule has 142 valence electrons. The zero-order valence-electron chi connectivity index (χ0n) is 15.0. The van der Waals surface area contributed by atoms with Crippen LogP contribution in [-0.4, -0.2) is 42.3 Å². The Morgan fingerprint density at radius 1 is 1.08 bits per heavy atom. The van der Waals surface area contributed by atoms with E-state index in [1.54, 1.807) is 0 Å². The highest BCUT2D eigenvalue weighted by atomic mass is 16.5. The van der Waals surface area contributed by atoms with E-state index in [0.717, 1.165) is 31.6 Å². The summed E-state index contributed by atoms with van der Waals surface area (Å²) in [6.45, 7) is 1.87. The summed E-state index contributed by atoms with van der Waals surface area (Å²) in [5.41, 5.74) is 1.52. The molecule has 0 radical (unpaired) electrons. The maximum absolute atomic E-state index is 12.7. The molecule has 2 aliphatic rings.